The first-order chi connectivity index (χ1) is 7.91. The highest BCUT2D eigenvalue weighted by molar-refractivity contribution is 8.76. The van der Waals surface area contributed by atoms with E-state index in [-0.39, 0.29) is 0 Å². The Morgan fingerprint density at radius 1 is 0.500 bits per heavy atom. The second-order valence-electron chi connectivity index (χ2n) is 4.47. The molecule has 0 unspecified atom stereocenters. The zero-order valence-electron chi connectivity index (χ0n) is 11.3. The van der Waals surface area contributed by atoms with Gasteiger partial charge in [-0.1, -0.05) is 86.8 Å². The summed E-state index contributed by atoms with van der Waals surface area (Å²) in [4.78, 5) is 0. The van der Waals surface area contributed by atoms with E-state index in [1.54, 1.807) is 0 Å². The molecule has 0 aromatic heterocycles. The molecule has 0 bridgehead atoms. The molecule has 98 valence electrons. The molecule has 0 aliphatic rings. The standard InChI is InChI=1S/C14H30S2/c1-3-5-7-8-9-10-12-14-16-15-13-11-6-4-2/h3-14H2,1-2H3. The van der Waals surface area contributed by atoms with Crippen LogP contribution in [0.3, 0.4) is 0 Å². The summed E-state index contributed by atoms with van der Waals surface area (Å²) in [6.45, 7) is 4.56. The fourth-order valence-corrected chi connectivity index (χ4v) is 3.94. The van der Waals surface area contributed by atoms with Gasteiger partial charge in [-0.15, -0.1) is 0 Å². The molecular formula is C14H30S2. The van der Waals surface area contributed by atoms with Crippen molar-refractivity contribution in [3.63, 3.8) is 0 Å². The van der Waals surface area contributed by atoms with Crippen LogP contribution in [-0.4, -0.2) is 11.5 Å². The highest BCUT2D eigenvalue weighted by Crippen LogP contribution is 2.24. The Hall–Kier alpha value is 0.700. The molecule has 2 heteroatoms. The van der Waals surface area contributed by atoms with E-state index in [2.05, 4.69) is 35.4 Å². The molecule has 0 fully saturated rings. The van der Waals surface area contributed by atoms with Crippen LogP contribution in [0.4, 0.5) is 0 Å². The molecule has 0 saturated heterocycles. The van der Waals surface area contributed by atoms with E-state index in [1.807, 2.05) is 0 Å². The van der Waals surface area contributed by atoms with Gasteiger partial charge < -0.3 is 0 Å². The lowest BCUT2D eigenvalue weighted by molar-refractivity contribution is 0.604. The molecule has 0 radical (unpaired) electrons. The Labute approximate surface area is 111 Å². The zero-order valence-corrected chi connectivity index (χ0v) is 12.9. The molecule has 0 aromatic carbocycles. The highest BCUT2D eigenvalue weighted by atomic mass is 33.1. The third-order valence-corrected chi connectivity index (χ3v) is 5.32. The monoisotopic (exact) mass is 262 g/mol. The van der Waals surface area contributed by atoms with Crippen LogP contribution in [0, 0.1) is 0 Å². The third kappa shape index (κ3) is 14.7. The zero-order chi connectivity index (χ0) is 11.9. The van der Waals surface area contributed by atoms with Gasteiger partial charge in [-0.05, 0) is 12.8 Å². The molecule has 0 amide bonds. The summed E-state index contributed by atoms with van der Waals surface area (Å²) >= 11 is 0. The number of hydrogen-bond donors (Lipinski definition) is 0. The van der Waals surface area contributed by atoms with Gasteiger partial charge in [0.2, 0.25) is 0 Å². The van der Waals surface area contributed by atoms with Gasteiger partial charge >= 0.3 is 0 Å². The van der Waals surface area contributed by atoms with E-state index in [4.69, 9.17) is 0 Å². The van der Waals surface area contributed by atoms with Gasteiger partial charge in [0.15, 0.2) is 0 Å². The van der Waals surface area contributed by atoms with E-state index in [9.17, 15) is 0 Å². The van der Waals surface area contributed by atoms with Gasteiger partial charge in [0.25, 0.3) is 0 Å². The van der Waals surface area contributed by atoms with Crippen LogP contribution in [0.1, 0.15) is 78.1 Å². The van der Waals surface area contributed by atoms with E-state index >= 15 is 0 Å². The Morgan fingerprint density at radius 3 is 1.44 bits per heavy atom. The van der Waals surface area contributed by atoms with E-state index in [0.717, 1.165) is 0 Å². The van der Waals surface area contributed by atoms with Gasteiger partial charge in [-0.25, -0.2) is 0 Å². The molecule has 0 N–H and O–H groups in total. The fourth-order valence-electron chi connectivity index (χ4n) is 1.65. The molecule has 0 nitrogen and oxygen atoms in total. The summed E-state index contributed by atoms with van der Waals surface area (Å²) in [6, 6.07) is 0. The lowest BCUT2D eigenvalue weighted by Crippen LogP contribution is -1.82. The first-order valence-corrected chi connectivity index (χ1v) is 9.65. The van der Waals surface area contributed by atoms with Gasteiger partial charge in [-0.2, -0.15) is 0 Å². The van der Waals surface area contributed by atoms with Crippen molar-refractivity contribution in [3.8, 4) is 0 Å². The average Bonchev–Trinajstić information content (AvgIpc) is 2.31. The van der Waals surface area contributed by atoms with Crippen molar-refractivity contribution in [1.82, 2.24) is 0 Å². The van der Waals surface area contributed by atoms with Crippen molar-refractivity contribution < 1.29 is 0 Å². The quantitative estimate of drug-likeness (QED) is 0.282. The molecule has 0 aliphatic heterocycles. The maximum atomic E-state index is 2.28. The van der Waals surface area contributed by atoms with Crippen LogP contribution in [0.5, 0.6) is 0 Å². The minimum Gasteiger partial charge on any atom is -0.0942 e. The van der Waals surface area contributed by atoms with Crippen LogP contribution < -0.4 is 0 Å². The van der Waals surface area contributed by atoms with Crippen LogP contribution in [0.2, 0.25) is 0 Å². The van der Waals surface area contributed by atoms with Crippen molar-refractivity contribution in [2.45, 2.75) is 78.1 Å². The van der Waals surface area contributed by atoms with E-state index < -0.39 is 0 Å². The summed E-state index contributed by atoms with van der Waals surface area (Å²) in [7, 11) is 4.17. The molecule has 0 saturated carbocycles. The fraction of sp³-hybridized carbons (Fsp3) is 1.00. The summed E-state index contributed by atoms with van der Waals surface area (Å²) in [5.41, 5.74) is 0. The van der Waals surface area contributed by atoms with Crippen molar-refractivity contribution >= 4 is 21.6 Å². The Kier molecular flexibility index (Phi) is 16.4. The summed E-state index contributed by atoms with van der Waals surface area (Å²) in [6.07, 6.45) is 14.2. The largest absolute Gasteiger partial charge is 0.0942 e. The molecule has 16 heavy (non-hydrogen) atoms. The minimum absolute atomic E-state index is 1.35. The summed E-state index contributed by atoms with van der Waals surface area (Å²) < 4.78 is 0. The van der Waals surface area contributed by atoms with Crippen molar-refractivity contribution in [2.75, 3.05) is 11.5 Å². The lowest BCUT2D eigenvalue weighted by Gasteiger charge is -2.01. The van der Waals surface area contributed by atoms with Crippen LogP contribution in [-0.2, 0) is 0 Å². The summed E-state index contributed by atoms with van der Waals surface area (Å²) in [5.74, 6) is 2.72. The van der Waals surface area contributed by atoms with Gasteiger partial charge in [0.05, 0.1) is 0 Å². The maximum absolute atomic E-state index is 2.28. The predicted octanol–water partition coefficient (Wildman–Crippen LogP) is 6.31. The molecule has 0 heterocycles. The van der Waals surface area contributed by atoms with Crippen LogP contribution in [0.15, 0.2) is 0 Å². The minimum atomic E-state index is 1.35. The molecule has 0 spiro atoms. The molecule has 0 rings (SSSR count). The van der Waals surface area contributed by atoms with Crippen molar-refractivity contribution in [3.05, 3.63) is 0 Å². The van der Waals surface area contributed by atoms with E-state index in [1.165, 1.54) is 75.7 Å². The van der Waals surface area contributed by atoms with Gasteiger partial charge in [-0.3, -0.25) is 0 Å². The smallest absolute Gasteiger partial charge is 0.00369 e. The van der Waals surface area contributed by atoms with E-state index in [0.29, 0.717) is 0 Å². The molecule has 0 atom stereocenters. The maximum Gasteiger partial charge on any atom is 0.00369 e. The first kappa shape index (κ1) is 16.7. The molecular weight excluding hydrogens is 232 g/mol. The van der Waals surface area contributed by atoms with Crippen molar-refractivity contribution in [1.29, 1.82) is 0 Å². The topological polar surface area (TPSA) is 0 Å². The van der Waals surface area contributed by atoms with Gasteiger partial charge in [0, 0.05) is 11.5 Å². The highest BCUT2D eigenvalue weighted by Gasteiger charge is 1.93. The van der Waals surface area contributed by atoms with Crippen LogP contribution in [0.25, 0.3) is 0 Å². The Bertz CT molecular complexity index is 101. The Balaban J connectivity index is 2.83. The second-order valence-corrected chi connectivity index (χ2v) is 7.17. The predicted molar refractivity (Wildman–Crippen MR) is 82.4 cm³/mol. The second kappa shape index (κ2) is 15.7. The number of hydrogen-bond acceptors (Lipinski definition) is 2. The molecule has 0 aliphatic carbocycles. The number of rotatable bonds is 13. The number of unbranched alkanes of at least 4 members (excludes halogenated alkanes) is 8. The lowest BCUT2D eigenvalue weighted by atomic mass is 10.1. The summed E-state index contributed by atoms with van der Waals surface area (Å²) in [5, 5.41) is 0. The Morgan fingerprint density at radius 2 is 0.875 bits per heavy atom. The van der Waals surface area contributed by atoms with Crippen molar-refractivity contribution in [2.24, 2.45) is 0 Å². The van der Waals surface area contributed by atoms with Gasteiger partial charge in [0.1, 0.15) is 0 Å². The van der Waals surface area contributed by atoms with Crippen LogP contribution >= 0.6 is 21.6 Å². The molecule has 0 aromatic rings. The average molecular weight is 263 g/mol. The normalized spacial score (nSPS) is 10.9. The third-order valence-electron chi connectivity index (χ3n) is 2.75. The first-order valence-electron chi connectivity index (χ1n) is 7.16. The SMILES string of the molecule is CCCCCCCCCSSCCCCC.